The van der Waals surface area contributed by atoms with Crippen LogP contribution in [0, 0.1) is 0 Å². The van der Waals surface area contributed by atoms with Gasteiger partial charge >= 0.3 is 12.0 Å². The first-order chi connectivity index (χ1) is 11.7. The Balaban J connectivity index is 1.70. The number of nitrogens with zero attached hydrogens (tertiary/aromatic N) is 2. The van der Waals surface area contributed by atoms with Gasteiger partial charge in [-0.15, -0.1) is 5.10 Å². The predicted octanol–water partition coefficient (Wildman–Crippen LogP) is 3.46. The fourth-order valence-electron chi connectivity index (χ4n) is 2.01. The zero-order valence-electron chi connectivity index (χ0n) is 12.9. The summed E-state index contributed by atoms with van der Waals surface area (Å²) in [7, 11) is 3.01. The zero-order chi connectivity index (χ0) is 16.9. The molecule has 8 nitrogen and oxygen atoms in total. The van der Waals surface area contributed by atoms with Crippen molar-refractivity contribution in [2.45, 2.75) is 0 Å². The number of hydrogen-bond acceptors (Lipinski definition) is 7. The van der Waals surface area contributed by atoms with E-state index in [1.807, 2.05) is 16.8 Å². The highest BCUT2D eigenvalue weighted by Crippen LogP contribution is 2.34. The molecule has 3 aromatic rings. The molecule has 0 radical (unpaired) electrons. The van der Waals surface area contributed by atoms with Crippen LogP contribution in [0.15, 0.2) is 39.4 Å². The Kier molecular flexibility index (Phi) is 4.62. The number of para-hydroxylation sites is 1. The number of thiophene rings is 1. The second kappa shape index (κ2) is 7.01. The minimum absolute atomic E-state index is 0.00411. The van der Waals surface area contributed by atoms with Crippen LogP contribution in [-0.4, -0.2) is 30.4 Å². The second-order valence-corrected chi connectivity index (χ2v) is 5.32. The molecule has 24 heavy (non-hydrogen) atoms. The van der Waals surface area contributed by atoms with Gasteiger partial charge in [0, 0.05) is 10.9 Å². The summed E-state index contributed by atoms with van der Waals surface area (Å²) in [5, 5.41) is 16.6. The summed E-state index contributed by atoms with van der Waals surface area (Å²) >= 11 is 1.51. The van der Waals surface area contributed by atoms with Gasteiger partial charge < -0.3 is 19.2 Å². The van der Waals surface area contributed by atoms with Crippen LogP contribution >= 0.6 is 11.3 Å². The van der Waals surface area contributed by atoms with Crippen molar-refractivity contribution >= 4 is 29.1 Å². The molecule has 0 aliphatic carbocycles. The number of urea groups is 1. The second-order valence-electron chi connectivity index (χ2n) is 4.54. The lowest BCUT2D eigenvalue weighted by molar-refractivity contribution is 0.261. The van der Waals surface area contributed by atoms with Gasteiger partial charge in [0.25, 0.3) is 5.89 Å². The van der Waals surface area contributed by atoms with Gasteiger partial charge in [0.2, 0.25) is 0 Å². The number of hydrogen-bond donors (Lipinski definition) is 2. The van der Waals surface area contributed by atoms with E-state index in [1.165, 1.54) is 25.6 Å². The molecule has 9 heteroatoms. The highest BCUT2D eigenvalue weighted by atomic mass is 32.1. The maximum atomic E-state index is 12.1. The van der Waals surface area contributed by atoms with Crippen molar-refractivity contribution in [3.8, 4) is 23.0 Å². The van der Waals surface area contributed by atoms with Gasteiger partial charge in [0.1, 0.15) is 0 Å². The quantitative estimate of drug-likeness (QED) is 0.734. The molecule has 124 valence electrons. The van der Waals surface area contributed by atoms with E-state index in [1.54, 1.807) is 18.2 Å². The molecule has 0 saturated heterocycles. The van der Waals surface area contributed by atoms with Crippen LogP contribution in [0.25, 0.3) is 11.5 Å². The minimum Gasteiger partial charge on any atom is -0.493 e. The summed E-state index contributed by atoms with van der Waals surface area (Å²) in [6.07, 6.45) is 0. The molecule has 2 aromatic heterocycles. The largest absolute Gasteiger partial charge is 0.493 e. The molecule has 1 aromatic carbocycles. The number of benzene rings is 1. The number of nitrogens with one attached hydrogen (secondary N) is 2. The Labute approximate surface area is 141 Å². The summed E-state index contributed by atoms with van der Waals surface area (Å²) in [5.41, 5.74) is 1.25. The van der Waals surface area contributed by atoms with Crippen molar-refractivity contribution in [2.24, 2.45) is 0 Å². The number of amides is 2. The smallest absolute Gasteiger partial charge is 0.327 e. The van der Waals surface area contributed by atoms with E-state index < -0.39 is 6.03 Å². The summed E-state index contributed by atoms with van der Waals surface area (Å²) in [5.74, 6) is 1.26. The molecule has 0 aliphatic heterocycles. The lowest BCUT2D eigenvalue weighted by atomic mass is 10.2. The fourth-order valence-corrected chi connectivity index (χ4v) is 2.64. The monoisotopic (exact) mass is 346 g/mol. The number of rotatable bonds is 5. The average molecular weight is 346 g/mol. The Morgan fingerprint density at radius 1 is 1.17 bits per heavy atom. The Hall–Kier alpha value is -3.07. The van der Waals surface area contributed by atoms with Gasteiger partial charge in [-0.3, -0.25) is 5.32 Å². The lowest BCUT2D eigenvalue weighted by Gasteiger charge is -2.12. The zero-order valence-corrected chi connectivity index (χ0v) is 13.7. The molecule has 0 aliphatic rings. The number of methoxy groups -OCH3 is 2. The van der Waals surface area contributed by atoms with Gasteiger partial charge in [-0.1, -0.05) is 11.2 Å². The summed E-state index contributed by atoms with van der Waals surface area (Å²) in [6.45, 7) is 0. The van der Waals surface area contributed by atoms with Crippen molar-refractivity contribution < 1.29 is 18.7 Å². The minimum atomic E-state index is -0.540. The van der Waals surface area contributed by atoms with E-state index in [2.05, 4.69) is 20.8 Å². The summed E-state index contributed by atoms with van der Waals surface area (Å²) < 4.78 is 15.8. The van der Waals surface area contributed by atoms with Crippen molar-refractivity contribution in [1.82, 2.24) is 10.2 Å². The Bertz CT molecular complexity index is 832. The molecule has 0 atom stereocenters. The highest BCUT2D eigenvalue weighted by molar-refractivity contribution is 7.08. The SMILES string of the molecule is COc1cccc(NC(=O)Nc2nnc(-c3ccsc3)o2)c1OC. The van der Waals surface area contributed by atoms with Crippen LogP contribution < -0.4 is 20.1 Å². The van der Waals surface area contributed by atoms with Crippen molar-refractivity contribution in [3.05, 3.63) is 35.0 Å². The molecule has 0 spiro atoms. The van der Waals surface area contributed by atoms with Crippen molar-refractivity contribution in [1.29, 1.82) is 0 Å². The van der Waals surface area contributed by atoms with Crippen LogP contribution in [0.4, 0.5) is 16.5 Å². The molecule has 2 N–H and O–H groups in total. The first-order valence-electron chi connectivity index (χ1n) is 6.86. The molecule has 0 fully saturated rings. The normalized spacial score (nSPS) is 10.2. The van der Waals surface area contributed by atoms with Crippen molar-refractivity contribution in [3.63, 3.8) is 0 Å². The summed E-state index contributed by atoms with van der Waals surface area (Å²) in [6, 6.07) is 6.46. The molecule has 0 saturated carbocycles. The number of carbonyl (C=O) groups excluding carboxylic acids is 1. The first kappa shape index (κ1) is 15.8. The predicted molar refractivity (Wildman–Crippen MR) is 89.8 cm³/mol. The van der Waals surface area contributed by atoms with E-state index in [0.717, 1.165) is 5.56 Å². The van der Waals surface area contributed by atoms with Crippen LogP contribution in [0.2, 0.25) is 0 Å². The molecule has 2 amide bonds. The van der Waals surface area contributed by atoms with Gasteiger partial charge in [-0.05, 0) is 23.6 Å². The van der Waals surface area contributed by atoms with E-state index in [9.17, 15) is 4.79 Å². The van der Waals surface area contributed by atoms with Crippen LogP contribution in [0.1, 0.15) is 0 Å². The number of anilines is 2. The average Bonchev–Trinajstić information content (AvgIpc) is 3.25. The lowest BCUT2D eigenvalue weighted by Crippen LogP contribution is -2.20. The molecular weight excluding hydrogens is 332 g/mol. The molecule has 0 unspecified atom stereocenters. The standard InChI is InChI=1S/C15H14N4O4S/c1-21-11-5-3-4-10(12(11)22-2)16-14(20)17-15-19-18-13(23-15)9-6-7-24-8-9/h3-8H,1-2H3,(H2,16,17,19,20). The van der Waals surface area contributed by atoms with Gasteiger partial charge in [-0.25, -0.2) is 4.79 Å². The van der Waals surface area contributed by atoms with E-state index in [0.29, 0.717) is 23.1 Å². The van der Waals surface area contributed by atoms with Crippen LogP contribution in [0.3, 0.4) is 0 Å². The van der Waals surface area contributed by atoms with Crippen LogP contribution in [-0.2, 0) is 0 Å². The van der Waals surface area contributed by atoms with E-state index >= 15 is 0 Å². The van der Waals surface area contributed by atoms with Gasteiger partial charge in [0.15, 0.2) is 11.5 Å². The first-order valence-corrected chi connectivity index (χ1v) is 7.80. The molecule has 0 bridgehead atoms. The maximum absolute atomic E-state index is 12.1. The number of aromatic nitrogens is 2. The van der Waals surface area contributed by atoms with Crippen molar-refractivity contribution in [2.75, 3.05) is 24.9 Å². The molecule has 2 heterocycles. The third-order valence-electron chi connectivity index (χ3n) is 3.06. The van der Waals surface area contributed by atoms with E-state index in [-0.39, 0.29) is 6.01 Å². The fraction of sp³-hybridized carbons (Fsp3) is 0.133. The van der Waals surface area contributed by atoms with Gasteiger partial charge in [0.05, 0.1) is 19.9 Å². The number of carbonyl (C=O) groups is 1. The highest BCUT2D eigenvalue weighted by Gasteiger charge is 2.15. The number of ether oxygens (including phenoxy) is 2. The van der Waals surface area contributed by atoms with E-state index in [4.69, 9.17) is 13.9 Å². The molecular formula is C15H14N4O4S. The third kappa shape index (κ3) is 3.30. The Morgan fingerprint density at radius 3 is 2.75 bits per heavy atom. The third-order valence-corrected chi connectivity index (χ3v) is 3.75. The summed E-state index contributed by atoms with van der Waals surface area (Å²) in [4.78, 5) is 12.1. The Morgan fingerprint density at radius 2 is 2.04 bits per heavy atom. The molecule has 3 rings (SSSR count). The van der Waals surface area contributed by atoms with Crippen LogP contribution in [0.5, 0.6) is 11.5 Å². The van der Waals surface area contributed by atoms with Gasteiger partial charge in [-0.2, -0.15) is 11.3 Å². The topological polar surface area (TPSA) is 98.5 Å². The maximum Gasteiger partial charge on any atom is 0.327 e.